The minimum absolute atomic E-state index is 0.965. The zero-order valence-corrected chi connectivity index (χ0v) is 8.51. The van der Waals surface area contributed by atoms with Gasteiger partial charge in [-0.05, 0) is 53.3 Å². The standard InChI is InChI=1S/C14H16/c1-6-7-2-3-9-12-8-4-5-10(12)14(11(6)8)13(7)9/h2-14H,1H3/t6-,7-,8+,9?,10+,11+,12?,13+,14-/m1/s1. The number of hydrogen-bond donors (Lipinski definition) is 0. The van der Waals surface area contributed by atoms with Crippen LogP contribution in [0.4, 0.5) is 0 Å². The van der Waals surface area contributed by atoms with Crippen molar-refractivity contribution in [2.24, 2.45) is 53.3 Å². The van der Waals surface area contributed by atoms with E-state index in [-0.39, 0.29) is 0 Å². The molecule has 0 saturated heterocycles. The summed E-state index contributed by atoms with van der Waals surface area (Å²) in [6.45, 7) is 2.52. The number of rotatable bonds is 0. The summed E-state index contributed by atoms with van der Waals surface area (Å²) in [7, 11) is 0. The maximum atomic E-state index is 2.58. The van der Waals surface area contributed by atoms with Crippen LogP contribution in [0.15, 0.2) is 24.3 Å². The van der Waals surface area contributed by atoms with Crippen molar-refractivity contribution in [3.05, 3.63) is 24.3 Å². The van der Waals surface area contributed by atoms with Crippen molar-refractivity contribution in [3.8, 4) is 0 Å². The molecule has 4 bridgehead atoms. The Morgan fingerprint density at radius 2 is 1.14 bits per heavy atom. The Morgan fingerprint density at radius 3 is 1.93 bits per heavy atom. The van der Waals surface area contributed by atoms with Crippen molar-refractivity contribution in [3.63, 3.8) is 0 Å². The van der Waals surface area contributed by atoms with Gasteiger partial charge in [0.05, 0.1) is 0 Å². The van der Waals surface area contributed by atoms with Gasteiger partial charge in [0, 0.05) is 0 Å². The Balaban J connectivity index is 1.82. The molecule has 5 aliphatic rings. The van der Waals surface area contributed by atoms with Gasteiger partial charge >= 0.3 is 0 Å². The van der Waals surface area contributed by atoms with Crippen molar-refractivity contribution in [1.29, 1.82) is 0 Å². The summed E-state index contributed by atoms with van der Waals surface area (Å²) in [4.78, 5) is 0. The van der Waals surface area contributed by atoms with Crippen molar-refractivity contribution in [1.82, 2.24) is 0 Å². The monoisotopic (exact) mass is 184 g/mol. The highest BCUT2D eigenvalue weighted by Crippen LogP contribution is 2.75. The third kappa shape index (κ3) is 0.441. The summed E-state index contributed by atoms with van der Waals surface area (Å²) >= 11 is 0. The van der Waals surface area contributed by atoms with Gasteiger partial charge in [0.25, 0.3) is 0 Å². The normalized spacial score (nSPS) is 74.2. The topological polar surface area (TPSA) is 0 Å². The molecule has 0 amide bonds. The Morgan fingerprint density at radius 1 is 0.571 bits per heavy atom. The van der Waals surface area contributed by atoms with E-state index in [0.717, 1.165) is 53.3 Å². The second-order valence-corrected chi connectivity index (χ2v) is 6.25. The highest BCUT2D eigenvalue weighted by Gasteiger charge is 2.71. The number of hydrogen-bond acceptors (Lipinski definition) is 0. The van der Waals surface area contributed by atoms with E-state index < -0.39 is 0 Å². The van der Waals surface area contributed by atoms with Crippen LogP contribution in [0.25, 0.3) is 0 Å². The van der Waals surface area contributed by atoms with Crippen LogP contribution in [0.2, 0.25) is 0 Å². The van der Waals surface area contributed by atoms with E-state index in [2.05, 4.69) is 31.2 Å². The van der Waals surface area contributed by atoms with Crippen LogP contribution in [0.1, 0.15) is 6.92 Å². The summed E-state index contributed by atoms with van der Waals surface area (Å²) in [5, 5.41) is 0. The molecule has 14 heavy (non-hydrogen) atoms. The molecule has 0 aromatic rings. The predicted molar refractivity (Wildman–Crippen MR) is 55.4 cm³/mol. The molecule has 0 heteroatoms. The van der Waals surface area contributed by atoms with Crippen LogP contribution >= 0.6 is 0 Å². The zero-order chi connectivity index (χ0) is 9.02. The fraction of sp³-hybridized carbons (Fsp3) is 0.714. The van der Waals surface area contributed by atoms with E-state index in [1.807, 2.05) is 0 Å². The molecule has 0 nitrogen and oxygen atoms in total. The zero-order valence-electron chi connectivity index (χ0n) is 8.51. The van der Waals surface area contributed by atoms with E-state index in [1.54, 1.807) is 0 Å². The average molecular weight is 184 g/mol. The van der Waals surface area contributed by atoms with Gasteiger partial charge in [0.2, 0.25) is 0 Å². The van der Waals surface area contributed by atoms with Crippen LogP contribution in [0.3, 0.4) is 0 Å². The lowest BCUT2D eigenvalue weighted by molar-refractivity contribution is 0.206. The summed E-state index contributed by atoms with van der Waals surface area (Å²) in [5.41, 5.74) is 0. The fourth-order valence-corrected chi connectivity index (χ4v) is 6.23. The molecule has 2 unspecified atom stereocenters. The molecule has 9 atom stereocenters. The molecule has 5 rings (SSSR count). The third-order valence-corrected chi connectivity index (χ3v) is 6.33. The molecule has 0 aromatic carbocycles. The highest BCUT2D eigenvalue weighted by atomic mass is 14.7. The molecule has 0 spiro atoms. The highest BCUT2D eigenvalue weighted by molar-refractivity contribution is 5.34. The molecule has 3 fully saturated rings. The lowest BCUT2D eigenvalue weighted by Crippen LogP contribution is -2.27. The van der Waals surface area contributed by atoms with Gasteiger partial charge in [0.1, 0.15) is 0 Å². The van der Waals surface area contributed by atoms with Crippen LogP contribution in [0, 0.1) is 53.3 Å². The smallest absolute Gasteiger partial charge is 0.0157 e. The SMILES string of the molecule is C[C@@H]1[C@H]2C=CC3C4[C@H]5C=C[C@@H]4[C@@H]([C@H]32)[C@@H]15. The largest absolute Gasteiger partial charge is 0.0845 e. The minimum atomic E-state index is 0.965. The van der Waals surface area contributed by atoms with Crippen molar-refractivity contribution in [2.75, 3.05) is 0 Å². The van der Waals surface area contributed by atoms with Crippen LogP contribution < -0.4 is 0 Å². The van der Waals surface area contributed by atoms with Crippen molar-refractivity contribution >= 4 is 0 Å². The summed E-state index contributed by atoms with van der Waals surface area (Å²) in [6, 6.07) is 0. The summed E-state index contributed by atoms with van der Waals surface area (Å²) in [5.74, 6) is 9.20. The van der Waals surface area contributed by atoms with E-state index in [0.29, 0.717) is 0 Å². The average Bonchev–Trinajstić information content (AvgIpc) is 2.87. The van der Waals surface area contributed by atoms with E-state index in [9.17, 15) is 0 Å². The van der Waals surface area contributed by atoms with Gasteiger partial charge in [-0.25, -0.2) is 0 Å². The Hall–Kier alpha value is -0.520. The Kier molecular flexibility index (Phi) is 0.869. The fourth-order valence-electron chi connectivity index (χ4n) is 6.23. The molecule has 0 radical (unpaired) electrons. The molecule has 5 aliphatic carbocycles. The lowest BCUT2D eigenvalue weighted by atomic mass is 9.73. The van der Waals surface area contributed by atoms with Gasteiger partial charge in [-0.3, -0.25) is 0 Å². The molecule has 0 aliphatic heterocycles. The van der Waals surface area contributed by atoms with E-state index in [1.165, 1.54) is 0 Å². The molecule has 0 aromatic heterocycles. The Labute approximate surface area is 85.1 Å². The summed E-state index contributed by atoms with van der Waals surface area (Å²) < 4.78 is 0. The minimum Gasteiger partial charge on any atom is -0.0845 e. The quantitative estimate of drug-likeness (QED) is 0.508. The van der Waals surface area contributed by atoms with Gasteiger partial charge < -0.3 is 0 Å². The van der Waals surface area contributed by atoms with Crippen LogP contribution in [0.5, 0.6) is 0 Å². The molecule has 3 saturated carbocycles. The van der Waals surface area contributed by atoms with Gasteiger partial charge in [0.15, 0.2) is 0 Å². The second kappa shape index (κ2) is 1.77. The number of fused-ring (bicyclic) bond motifs is 1. The molecular weight excluding hydrogens is 168 g/mol. The molecule has 72 valence electrons. The molecule has 0 heterocycles. The molecule has 0 N–H and O–H groups in total. The predicted octanol–water partition coefficient (Wildman–Crippen LogP) is 2.73. The first kappa shape index (κ1) is 6.87. The van der Waals surface area contributed by atoms with Crippen molar-refractivity contribution < 1.29 is 0 Å². The number of allylic oxidation sites excluding steroid dienone is 4. The van der Waals surface area contributed by atoms with Gasteiger partial charge in [-0.1, -0.05) is 31.2 Å². The second-order valence-electron chi connectivity index (χ2n) is 6.25. The first-order valence-corrected chi connectivity index (χ1v) is 6.24. The van der Waals surface area contributed by atoms with E-state index in [4.69, 9.17) is 0 Å². The van der Waals surface area contributed by atoms with Gasteiger partial charge in [-0.2, -0.15) is 0 Å². The van der Waals surface area contributed by atoms with Crippen molar-refractivity contribution in [2.45, 2.75) is 6.92 Å². The van der Waals surface area contributed by atoms with E-state index >= 15 is 0 Å². The summed E-state index contributed by atoms with van der Waals surface area (Å²) in [6.07, 6.45) is 10.3. The third-order valence-electron chi connectivity index (χ3n) is 6.33. The lowest BCUT2D eigenvalue weighted by Gasteiger charge is -2.31. The maximum Gasteiger partial charge on any atom is -0.0157 e. The first-order chi connectivity index (χ1) is 6.88. The van der Waals surface area contributed by atoms with Crippen LogP contribution in [-0.2, 0) is 0 Å². The molecular formula is C14H16. The van der Waals surface area contributed by atoms with Crippen LogP contribution in [-0.4, -0.2) is 0 Å². The first-order valence-electron chi connectivity index (χ1n) is 6.24. The van der Waals surface area contributed by atoms with Gasteiger partial charge in [-0.15, -0.1) is 0 Å². The Bertz CT molecular complexity index is 377. The maximum absolute atomic E-state index is 2.58.